The third kappa shape index (κ3) is 2.85. The van der Waals surface area contributed by atoms with Crippen molar-refractivity contribution >= 4 is 33.0 Å². The Hall–Kier alpha value is -4.13. The number of halogens is 1. The molecule has 0 aliphatic carbocycles. The van der Waals surface area contributed by atoms with Crippen LogP contribution in [0.4, 0.5) is 4.39 Å². The predicted molar refractivity (Wildman–Crippen MR) is 118 cm³/mol. The first-order chi connectivity index (χ1) is 15.2. The highest BCUT2D eigenvalue weighted by Crippen LogP contribution is 2.31. The molecule has 0 radical (unpaired) electrons. The number of benzene rings is 2. The Morgan fingerprint density at radius 1 is 0.903 bits per heavy atom. The average molecular weight is 408 g/mol. The minimum atomic E-state index is -0.258. The molecule has 0 spiro atoms. The van der Waals surface area contributed by atoms with Crippen LogP contribution in [0.1, 0.15) is 18.5 Å². The van der Waals surface area contributed by atoms with Gasteiger partial charge in [0.2, 0.25) is 0 Å². The Labute approximate surface area is 176 Å². The standard InChI is InChI=1S/C24H17FN6/c1-14(15-2-5-19(25)6-3-15)31-23-20-11-16(4-7-21(20)27-13-22(23)29-30-31)18-10-17-8-9-26-24(17)28-12-18/h2-14H,1H3,(H,26,28)/t14-/m0/s1. The summed E-state index contributed by atoms with van der Waals surface area (Å²) in [6.45, 7) is 2.03. The molecule has 7 heteroatoms. The van der Waals surface area contributed by atoms with Crippen molar-refractivity contribution in [3.05, 3.63) is 84.6 Å². The van der Waals surface area contributed by atoms with Gasteiger partial charge in [-0.25, -0.2) is 14.1 Å². The Kier molecular flexibility index (Phi) is 3.83. The highest BCUT2D eigenvalue weighted by molar-refractivity contribution is 6.03. The van der Waals surface area contributed by atoms with Crippen LogP contribution in [0, 0.1) is 5.82 Å². The van der Waals surface area contributed by atoms with Crippen LogP contribution in [-0.2, 0) is 0 Å². The van der Waals surface area contributed by atoms with Crippen LogP contribution in [0.15, 0.2) is 73.2 Å². The number of hydrogen-bond acceptors (Lipinski definition) is 4. The van der Waals surface area contributed by atoms with Crippen molar-refractivity contribution in [3.8, 4) is 11.1 Å². The van der Waals surface area contributed by atoms with Gasteiger partial charge in [0.05, 0.1) is 17.8 Å². The number of aromatic amines is 1. The fraction of sp³-hybridized carbons (Fsp3) is 0.0833. The van der Waals surface area contributed by atoms with Crippen molar-refractivity contribution in [1.29, 1.82) is 0 Å². The maximum Gasteiger partial charge on any atom is 0.137 e. The molecule has 6 aromatic rings. The molecule has 4 aromatic heterocycles. The number of aromatic nitrogens is 6. The maximum absolute atomic E-state index is 13.4. The largest absolute Gasteiger partial charge is 0.346 e. The first-order valence-electron chi connectivity index (χ1n) is 10.00. The number of nitrogens with zero attached hydrogens (tertiary/aromatic N) is 5. The molecule has 1 N–H and O–H groups in total. The van der Waals surface area contributed by atoms with Gasteiger partial charge in [0, 0.05) is 28.7 Å². The van der Waals surface area contributed by atoms with Gasteiger partial charge in [-0.15, -0.1) is 5.10 Å². The summed E-state index contributed by atoms with van der Waals surface area (Å²) in [5, 5.41) is 10.7. The van der Waals surface area contributed by atoms with E-state index >= 15 is 0 Å². The summed E-state index contributed by atoms with van der Waals surface area (Å²) >= 11 is 0. The van der Waals surface area contributed by atoms with Crippen molar-refractivity contribution in [2.24, 2.45) is 0 Å². The minimum Gasteiger partial charge on any atom is -0.346 e. The normalized spacial score (nSPS) is 12.7. The summed E-state index contributed by atoms with van der Waals surface area (Å²) < 4.78 is 15.3. The molecule has 4 heterocycles. The molecule has 0 fully saturated rings. The molecule has 6 nitrogen and oxygen atoms in total. The van der Waals surface area contributed by atoms with E-state index in [1.165, 1.54) is 12.1 Å². The van der Waals surface area contributed by atoms with Crippen molar-refractivity contribution < 1.29 is 4.39 Å². The summed E-state index contributed by atoms with van der Waals surface area (Å²) in [5.74, 6) is -0.258. The van der Waals surface area contributed by atoms with Crippen LogP contribution in [0.2, 0.25) is 0 Å². The number of rotatable bonds is 3. The summed E-state index contributed by atoms with van der Waals surface area (Å²) in [6.07, 6.45) is 5.49. The summed E-state index contributed by atoms with van der Waals surface area (Å²) in [4.78, 5) is 12.2. The van der Waals surface area contributed by atoms with Crippen molar-refractivity contribution in [2.45, 2.75) is 13.0 Å². The number of H-pyrrole nitrogens is 1. The highest BCUT2D eigenvalue weighted by atomic mass is 19.1. The van der Waals surface area contributed by atoms with Gasteiger partial charge in [-0.2, -0.15) is 0 Å². The van der Waals surface area contributed by atoms with Crippen molar-refractivity contribution in [2.75, 3.05) is 0 Å². The van der Waals surface area contributed by atoms with Crippen LogP contribution in [0.25, 0.3) is 44.1 Å². The third-order valence-electron chi connectivity index (χ3n) is 5.75. The first kappa shape index (κ1) is 17.7. The monoisotopic (exact) mass is 408 g/mol. The summed E-state index contributed by atoms with van der Waals surface area (Å²) in [5.41, 5.74) is 6.37. The molecule has 31 heavy (non-hydrogen) atoms. The molecule has 0 aliphatic heterocycles. The zero-order valence-electron chi connectivity index (χ0n) is 16.6. The lowest BCUT2D eigenvalue weighted by molar-refractivity contribution is 0.558. The van der Waals surface area contributed by atoms with E-state index in [0.717, 1.165) is 49.7 Å². The molecule has 0 unspecified atom stereocenters. The Bertz CT molecular complexity index is 1560. The molecule has 0 saturated carbocycles. The average Bonchev–Trinajstić information content (AvgIpc) is 3.45. The topological polar surface area (TPSA) is 72.3 Å². The van der Waals surface area contributed by atoms with Gasteiger partial charge in [0.1, 0.15) is 22.5 Å². The second kappa shape index (κ2) is 6.70. The Morgan fingerprint density at radius 3 is 2.65 bits per heavy atom. The van der Waals surface area contributed by atoms with Gasteiger partial charge in [-0.3, -0.25) is 4.98 Å². The minimum absolute atomic E-state index is 0.113. The zero-order valence-corrected chi connectivity index (χ0v) is 16.6. The molecular formula is C24H17FN6. The molecule has 1 atom stereocenters. The quantitative estimate of drug-likeness (QED) is 0.433. The van der Waals surface area contributed by atoms with E-state index in [4.69, 9.17) is 0 Å². The lowest BCUT2D eigenvalue weighted by Crippen LogP contribution is -2.09. The van der Waals surface area contributed by atoms with E-state index in [-0.39, 0.29) is 11.9 Å². The van der Waals surface area contributed by atoms with Crippen molar-refractivity contribution in [1.82, 2.24) is 29.9 Å². The molecular weight excluding hydrogens is 391 g/mol. The lowest BCUT2D eigenvalue weighted by atomic mass is 10.0. The number of nitrogens with one attached hydrogen (secondary N) is 1. The second-order valence-corrected chi connectivity index (χ2v) is 7.63. The Morgan fingerprint density at radius 2 is 1.77 bits per heavy atom. The van der Waals surface area contributed by atoms with Gasteiger partial charge in [-0.05, 0) is 54.4 Å². The number of pyridine rings is 2. The van der Waals surface area contributed by atoms with Crippen molar-refractivity contribution in [3.63, 3.8) is 0 Å². The molecule has 0 amide bonds. The van der Waals surface area contributed by atoms with Gasteiger partial charge in [-0.1, -0.05) is 23.4 Å². The predicted octanol–water partition coefficient (Wildman–Crippen LogP) is 5.27. The molecule has 6 rings (SSSR count). The van der Waals surface area contributed by atoms with E-state index in [9.17, 15) is 4.39 Å². The lowest BCUT2D eigenvalue weighted by Gasteiger charge is -2.14. The molecule has 150 valence electrons. The van der Waals surface area contributed by atoms with Gasteiger partial charge < -0.3 is 4.98 Å². The van der Waals surface area contributed by atoms with Crippen LogP contribution in [0.5, 0.6) is 0 Å². The zero-order chi connectivity index (χ0) is 20.9. The molecule has 2 aromatic carbocycles. The number of hydrogen-bond donors (Lipinski definition) is 1. The van der Waals surface area contributed by atoms with Crippen LogP contribution in [0.3, 0.4) is 0 Å². The highest BCUT2D eigenvalue weighted by Gasteiger charge is 2.17. The summed E-state index contributed by atoms with van der Waals surface area (Å²) in [7, 11) is 0. The van der Waals surface area contributed by atoms with E-state index < -0.39 is 0 Å². The fourth-order valence-corrected chi connectivity index (χ4v) is 4.05. The Balaban J connectivity index is 1.54. The summed E-state index contributed by atoms with van der Waals surface area (Å²) in [6, 6.07) is 16.7. The van der Waals surface area contributed by atoms with E-state index in [0.29, 0.717) is 0 Å². The molecule has 0 saturated heterocycles. The van der Waals surface area contributed by atoms with E-state index in [1.807, 2.05) is 42.2 Å². The SMILES string of the molecule is C[C@@H](c1ccc(F)cc1)n1nnc2cnc3ccc(-c4cnc5[nH]ccc5c4)cc3c21. The second-order valence-electron chi connectivity index (χ2n) is 7.63. The molecule has 0 aliphatic rings. The van der Waals surface area contributed by atoms with Gasteiger partial charge in [0.15, 0.2) is 0 Å². The first-order valence-corrected chi connectivity index (χ1v) is 10.00. The fourth-order valence-electron chi connectivity index (χ4n) is 4.05. The smallest absolute Gasteiger partial charge is 0.137 e. The van der Waals surface area contributed by atoms with E-state index in [2.05, 4.69) is 37.4 Å². The third-order valence-corrected chi connectivity index (χ3v) is 5.75. The maximum atomic E-state index is 13.4. The van der Waals surface area contributed by atoms with Crippen LogP contribution in [-0.4, -0.2) is 29.9 Å². The van der Waals surface area contributed by atoms with Gasteiger partial charge in [0.25, 0.3) is 0 Å². The number of fused-ring (bicyclic) bond motifs is 4. The molecule has 0 bridgehead atoms. The van der Waals surface area contributed by atoms with Crippen LogP contribution < -0.4 is 0 Å². The van der Waals surface area contributed by atoms with E-state index in [1.54, 1.807) is 18.3 Å². The van der Waals surface area contributed by atoms with Gasteiger partial charge >= 0.3 is 0 Å². The van der Waals surface area contributed by atoms with Crippen LogP contribution >= 0.6 is 0 Å².